The zero-order valence-electron chi connectivity index (χ0n) is 12.1. The molecular formula is C16H22N2O. The molecule has 1 amide bonds. The minimum atomic E-state index is -0.00430. The summed E-state index contributed by atoms with van der Waals surface area (Å²) in [7, 11) is 0. The van der Waals surface area contributed by atoms with E-state index >= 15 is 0 Å². The number of hydrazone groups is 1. The van der Waals surface area contributed by atoms with Gasteiger partial charge in [0.2, 0.25) is 5.91 Å². The topological polar surface area (TPSA) is 41.5 Å². The van der Waals surface area contributed by atoms with Gasteiger partial charge in [0, 0.05) is 17.0 Å². The van der Waals surface area contributed by atoms with Crippen molar-refractivity contribution in [1.82, 2.24) is 5.43 Å². The van der Waals surface area contributed by atoms with Gasteiger partial charge in [-0.2, -0.15) is 5.10 Å². The highest BCUT2D eigenvalue weighted by Crippen LogP contribution is 2.47. The number of amides is 1. The van der Waals surface area contributed by atoms with Crippen LogP contribution in [0.1, 0.15) is 45.6 Å². The highest BCUT2D eigenvalue weighted by atomic mass is 16.2. The SMILES string of the molecule is C/C(=N/NC(=O)[C@H]1C[C@@H]1c1ccccc1)C(C)(C)C. The molecule has 0 spiro atoms. The summed E-state index contributed by atoms with van der Waals surface area (Å²) >= 11 is 0. The van der Waals surface area contributed by atoms with Crippen LogP contribution in [0.2, 0.25) is 0 Å². The van der Waals surface area contributed by atoms with Crippen LogP contribution in [0.15, 0.2) is 35.4 Å². The lowest BCUT2D eigenvalue weighted by atomic mass is 9.91. The highest BCUT2D eigenvalue weighted by molar-refractivity contribution is 5.89. The zero-order chi connectivity index (χ0) is 14.0. The first-order valence-electron chi connectivity index (χ1n) is 6.79. The van der Waals surface area contributed by atoms with E-state index < -0.39 is 0 Å². The fraction of sp³-hybridized carbons (Fsp3) is 0.500. The van der Waals surface area contributed by atoms with E-state index in [1.807, 2.05) is 25.1 Å². The Bertz CT molecular complexity index is 485. The number of carbonyl (C=O) groups is 1. The van der Waals surface area contributed by atoms with Gasteiger partial charge < -0.3 is 0 Å². The van der Waals surface area contributed by atoms with Gasteiger partial charge in [0.15, 0.2) is 0 Å². The molecule has 0 heterocycles. The first-order chi connectivity index (χ1) is 8.89. The predicted octanol–water partition coefficient (Wildman–Crippen LogP) is 3.33. The summed E-state index contributed by atoms with van der Waals surface area (Å²) in [5, 5.41) is 4.20. The molecule has 1 aliphatic carbocycles. The van der Waals surface area contributed by atoms with Crippen molar-refractivity contribution in [2.24, 2.45) is 16.4 Å². The quantitative estimate of drug-likeness (QED) is 0.655. The molecule has 1 N–H and O–H groups in total. The molecule has 1 aromatic carbocycles. The lowest BCUT2D eigenvalue weighted by Gasteiger charge is -2.17. The van der Waals surface area contributed by atoms with Crippen molar-refractivity contribution in [3.05, 3.63) is 35.9 Å². The molecule has 1 fully saturated rings. The van der Waals surface area contributed by atoms with Crippen molar-refractivity contribution < 1.29 is 4.79 Å². The van der Waals surface area contributed by atoms with Crippen molar-refractivity contribution >= 4 is 11.6 Å². The van der Waals surface area contributed by atoms with Crippen LogP contribution in [0.4, 0.5) is 0 Å². The third-order valence-electron chi connectivity index (χ3n) is 3.77. The second kappa shape index (κ2) is 5.16. The molecule has 1 aromatic rings. The van der Waals surface area contributed by atoms with Crippen molar-refractivity contribution in [2.75, 3.05) is 0 Å². The van der Waals surface area contributed by atoms with Crippen LogP contribution in [0.25, 0.3) is 0 Å². The van der Waals surface area contributed by atoms with Crippen LogP contribution in [0.3, 0.4) is 0 Å². The maximum Gasteiger partial charge on any atom is 0.243 e. The van der Waals surface area contributed by atoms with E-state index in [0.29, 0.717) is 5.92 Å². The van der Waals surface area contributed by atoms with E-state index in [2.05, 4.69) is 43.4 Å². The summed E-state index contributed by atoms with van der Waals surface area (Å²) in [5.74, 6) is 0.489. The van der Waals surface area contributed by atoms with Crippen LogP contribution in [0.5, 0.6) is 0 Å². The first-order valence-corrected chi connectivity index (χ1v) is 6.79. The Labute approximate surface area is 115 Å². The number of hydrogen-bond donors (Lipinski definition) is 1. The second-order valence-corrected chi connectivity index (χ2v) is 6.28. The lowest BCUT2D eigenvalue weighted by molar-refractivity contribution is -0.122. The predicted molar refractivity (Wildman–Crippen MR) is 78.0 cm³/mol. The van der Waals surface area contributed by atoms with Crippen molar-refractivity contribution in [3.63, 3.8) is 0 Å². The molecule has 0 aromatic heterocycles. The smallest absolute Gasteiger partial charge is 0.243 e. The number of rotatable bonds is 3. The van der Waals surface area contributed by atoms with Gasteiger partial charge in [0.1, 0.15) is 0 Å². The van der Waals surface area contributed by atoms with Crippen molar-refractivity contribution in [2.45, 2.75) is 40.0 Å². The summed E-state index contributed by atoms with van der Waals surface area (Å²) in [6.45, 7) is 8.20. The fourth-order valence-corrected chi connectivity index (χ4v) is 1.94. The fourth-order valence-electron chi connectivity index (χ4n) is 1.94. The van der Waals surface area contributed by atoms with Gasteiger partial charge in [0.25, 0.3) is 0 Å². The van der Waals surface area contributed by atoms with Crippen LogP contribution < -0.4 is 5.43 Å². The van der Waals surface area contributed by atoms with E-state index in [1.165, 1.54) is 5.56 Å². The average Bonchev–Trinajstić information content (AvgIpc) is 3.15. The number of nitrogens with zero attached hydrogens (tertiary/aromatic N) is 1. The van der Waals surface area contributed by atoms with Gasteiger partial charge in [-0.25, -0.2) is 5.43 Å². The van der Waals surface area contributed by atoms with E-state index in [1.54, 1.807) is 0 Å². The first kappa shape index (κ1) is 13.8. The van der Waals surface area contributed by atoms with Gasteiger partial charge in [-0.1, -0.05) is 51.1 Å². The Morgan fingerprint density at radius 2 is 1.89 bits per heavy atom. The summed E-state index contributed by atoms with van der Waals surface area (Å²) in [6.07, 6.45) is 0.930. The molecule has 102 valence electrons. The largest absolute Gasteiger partial charge is 0.273 e. The molecule has 0 aliphatic heterocycles. The molecule has 0 bridgehead atoms. The summed E-state index contributed by atoms with van der Waals surface area (Å²) in [5.41, 5.74) is 4.89. The highest BCUT2D eigenvalue weighted by Gasteiger charge is 2.43. The molecule has 0 unspecified atom stereocenters. The third kappa shape index (κ3) is 3.43. The third-order valence-corrected chi connectivity index (χ3v) is 3.77. The van der Waals surface area contributed by atoms with Gasteiger partial charge in [-0.3, -0.25) is 4.79 Å². The summed E-state index contributed by atoms with van der Waals surface area (Å²) in [6, 6.07) is 10.2. The van der Waals surface area contributed by atoms with Gasteiger partial charge in [0.05, 0.1) is 0 Å². The number of benzene rings is 1. The van der Waals surface area contributed by atoms with E-state index in [-0.39, 0.29) is 17.2 Å². The molecule has 2 atom stereocenters. The second-order valence-electron chi connectivity index (χ2n) is 6.28. The van der Waals surface area contributed by atoms with Gasteiger partial charge in [-0.15, -0.1) is 0 Å². The number of nitrogens with one attached hydrogen (secondary N) is 1. The van der Waals surface area contributed by atoms with E-state index in [0.717, 1.165) is 12.1 Å². The van der Waals surface area contributed by atoms with Crippen LogP contribution in [0, 0.1) is 11.3 Å². The Kier molecular flexibility index (Phi) is 3.74. The number of carbonyl (C=O) groups excluding carboxylic acids is 1. The molecule has 1 saturated carbocycles. The van der Waals surface area contributed by atoms with Gasteiger partial charge >= 0.3 is 0 Å². The maximum atomic E-state index is 12.0. The molecule has 1 aliphatic rings. The Morgan fingerprint density at radius 1 is 1.26 bits per heavy atom. The zero-order valence-corrected chi connectivity index (χ0v) is 12.1. The van der Waals surface area contributed by atoms with E-state index in [4.69, 9.17) is 0 Å². The van der Waals surface area contributed by atoms with Crippen LogP contribution >= 0.6 is 0 Å². The summed E-state index contributed by atoms with van der Waals surface area (Å²) in [4.78, 5) is 12.0. The summed E-state index contributed by atoms with van der Waals surface area (Å²) < 4.78 is 0. The minimum Gasteiger partial charge on any atom is -0.273 e. The average molecular weight is 258 g/mol. The maximum absolute atomic E-state index is 12.0. The standard InChI is InChI=1S/C16H22N2O/c1-11(16(2,3)4)17-18-15(19)14-10-13(14)12-8-6-5-7-9-12/h5-9,13-14H,10H2,1-4H3,(H,18,19)/b17-11-/t13-,14+/m1/s1. The molecule has 3 nitrogen and oxygen atoms in total. The number of hydrogen-bond acceptors (Lipinski definition) is 2. The van der Waals surface area contributed by atoms with Crippen molar-refractivity contribution in [3.8, 4) is 0 Å². The van der Waals surface area contributed by atoms with E-state index in [9.17, 15) is 4.79 Å². The van der Waals surface area contributed by atoms with Crippen LogP contribution in [-0.2, 0) is 4.79 Å². The normalized spacial score (nSPS) is 23.1. The Hall–Kier alpha value is -1.64. The van der Waals surface area contributed by atoms with Crippen molar-refractivity contribution in [1.29, 1.82) is 0 Å². The van der Waals surface area contributed by atoms with Crippen LogP contribution in [-0.4, -0.2) is 11.6 Å². The lowest BCUT2D eigenvalue weighted by Crippen LogP contribution is -2.25. The minimum absolute atomic E-state index is 0.00430. The molecule has 2 rings (SSSR count). The molecular weight excluding hydrogens is 236 g/mol. The molecule has 3 heteroatoms. The molecule has 0 radical (unpaired) electrons. The van der Waals surface area contributed by atoms with Gasteiger partial charge in [-0.05, 0) is 24.8 Å². The Morgan fingerprint density at radius 3 is 2.47 bits per heavy atom. The molecule has 0 saturated heterocycles. The monoisotopic (exact) mass is 258 g/mol. The molecule has 19 heavy (non-hydrogen) atoms. The Balaban J connectivity index is 1.91.